The summed E-state index contributed by atoms with van der Waals surface area (Å²) in [6.45, 7) is 5.32. The van der Waals surface area contributed by atoms with Crippen LogP contribution in [0.25, 0.3) is 0 Å². The molecule has 0 fully saturated rings. The fourth-order valence-corrected chi connectivity index (χ4v) is 2.14. The molecule has 3 nitrogen and oxygen atoms in total. The van der Waals surface area contributed by atoms with Crippen LogP contribution in [0.15, 0.2) is 0 Å². The van der Waals surface area contributed by atoms with Gasteiger partial charge in [0, 0.05) is 11.9 Å². The molecular weight excluding hydrogens is 308 g/mol. The van der Waals surface area contributed by atoms with Crippen LogP contribution in [0.2, 0.25) is 0 Å². The average Bonchev–Trinajstić information content (AvgIpc) is 2.42. The first-order valence-corrected chi connectivity index (χ1v) is 8.72. The predicted molar refractivity (Wildman–Crippen MR) is 82.8 cm³/mol. The summed E-state index contributed by atoms with van der Waals surface area (Å²) in [5.74, 6) is -0.197. The summed E-state index contributed by atoms with van der Waals surface area (Å²) >= 11 is 3.38. The Morgan fingerprint density at radius 1 is 1.00 bits per heavy atom. The number of alkyl halides is 1. The van der Waals surface area contributed by atoms with E-state index in [1.807, 2.05) is 6.92 Å². The molecule has 0 aliphatic carbocycles. The molecule has 0 spiro atoms. The molecule has 0 heterocycles. The molecule has 0 aromatic rings. The molecule has 1 unspecified atom stereocenters. The van der Waals surface area contributed by atoms with Crippen molar-refractivity contribution in [2.45, 2.75) is 71.3 Å². The number of halogens is 1. The molecule has 0 amide bonds. The lowest BCUT2D eigenvalue weighted by molar-refractivity contribution is -0.157. The van der Waals surface area contributed by atoms with Crippen molar-refractivity contribution in [3.8, 4) is 0 Å². The summed E-state index contributed by atoms with van der Waals surface area (Å²) in [6, 6.07) is 0. The molecule has 1 atom stereocenters. The van der Waals surface area contributed by atoms with E-state index in [9.17, 15) is 4.79 Å². The first-order chi connectivity index (χ1) is 9.26. The number of unbranched alkanes of at least 4 members (excludes halogenated alkanes) is 5. The van der Waals surface area contributed by atoms with Gasteiger partial charge in [0.25, 0.3) is 0 Å². The smallest absolute Gasteiger partial charge is 0.335 e. The number of ether oxygens (including phenoxy) is 2. The van der Waals surface area contributed by atoms with Crippen LogP contribution in [0.3, 0.4) is 0 Å². The molecule has 0 saturated heterocycles. The second-order valence-electron chi connectivity index (χ2n) is 4.75. The first-order valence-electron chi connectivity index (χ1n) is 7.60. The highest BCUT2D eigenvalue weighted by Gasteiger charge is 2.18. The molecule has 0 aliphatic heterocycles. The zero-order chi connectivity index (χ0) is 14.3. The van der Waals surface area contributed by atoms with Crippen molar-refractivity contribution in [1.82, 2.24) is 0 Å². The molecule has 0 bridgehead atoms. The topological polar surface area (TPSA) is 35.5 Å². The lowest BCUT2D eigenvalue weighted by Crippen LogP contribution is -2.26. The third-order valence-electron chi connectivity index (χ3n) is 2.97. The minimum Gasteiger partial charge on any atom is -0.464 e. The summed E-state index contributed by atoms with van der Waals surface area (Å²) in [5, 5.41) is 1.01. The predicted octanol–water partition coefficient (Wildman–Crippen LogP) is 4.47. The van der Waals surface area contributed by atoms with E-state index >= 15 is 0 Å². The van der Waals surface area contributed by atoms with Gasteiger partial charge in [-0.25, -0.2) is 4.79 Å². The Kier molecular flexibility index (Phi) is 14.3. The first kappa shape index (κ1) is 18.9. The van der Waals surface area contributed by atoms with Crippen molar-refractivity contribution in [3.05, 3.63) is 0 Å². The van der Waals surface area contributed by atoms with E-state index < -0.39 is 0 Å². The van der Waals surface area contributed by atoms with E-state index in [-0.39, 0.29) is 12.1 Å². The van der Waals surface area contributed by atoms with Crippen LogP contribution in [0.4, 0.5) is 0 Å². The van der Waals surface area contributed by atoms with Gasteiger partial charge in [0.15, 0.2) is 6.10 Å². The Balaban J connectivity index is 3.60. The molecular formula is C15H29BrO3. The molecule has 0 aliphatic rings. The van der Waals surface area contributed by atoms with E-state index in [0.29, 0.717) is 19.6 Å². The maximum atomic E-state index is 11.8. The Bertz CT molecular complexity index is 210. The van der Waals surface area contributed by atoms with E-state index in [1.165, 1.54) is 19.3 Å². The van der Waals surface area contributed by atoms with Crippen LogP contribution in [0.5, 0.6) is 0 Å². The SMILES string of the molecule is CCCCCCOC(CC)C(=O)OCCCCCBr. The van der Waals surface area contributed by atoms with Crippen molar-refractivity contribution in [2.75, 3.05) is 18.5 Å². The van der Waals surface area contributed by atoms with Crippen LogP contribution in [-0.2, 0) is 14.3 Å². The molecule has 0 radical (unpaired) electrons. The minimum absolute atomic E-state index is 0.197. The second kappa shape index (κ2) is 14.3. The van der Waals surface area contributed by atoms with Crippen molar-refractivity contribution in [3.63, 3.8) is 0 Å². The molecule has 0 rings (SSSR count). The van der Waals surface area contributed by atoms with Gasteiger partial charge in [0.2, 0.25) is 0 Å². The van der Waals surface area contributed by atoms with E-state index in [2.05, 4.69) is 22.9 Å². The average molecular weight is 337 g/mol. The van der Waals surface area contributed by atoms with Crippen molar-refractivity contribution >= 4 is 21.9 Å². The number of esters is 1. The van der Waals surface area contributed by atoms with Gasteiger partial charge in [0.1, 0.15) is 0 Å². The third-order valence-corrected chi connectivity index (χ3v) is 3.53. The van der Waals surface area contributed by atoms with Crippen LogP contribution in [0.1, 0.15) is 65.2 Å². The van der Waals surface area contributed by atoms with E-state index in [0.717, 1.165) is 31.0 Å². The Morgan fingerprint density at radius 3 is 2.32 bits per heavy atom. The van der Waals surface area contributed by atoms with Gasteiger partial charge in [-0.15, -0.1) is 0 Å². The number of carbonyl (C=O) groups is 1. The Labute approximate surface area is 126 Å². The maximum Gasteiger partial charge on any atom is 0.335 e. The van der Waals surface area contributed by atoms with E-state index in [1.54, 1.807) is 0 Å². The normalized spacial score (nSPS) is 12.4. The standard InChI is InChI=1S/C15H29BrO3/c1-3-5-6-9-12-18-14(4-2)15(17)19-13-10-7-8-11-16/h14H,3-13H2,1-2H3. The summed E-state index contributed by atoms with van der Waals surface area (Å²) in [7, 11) is 0. The molecule has 0 N–H and O–H groups in total. The van der Waals surface area contributed by atoms with Gasteiger partial charge < -0.3 is 9.47 Å². The van der Waals surface area contributed by atoms with Gasteiger partial charge in [-0.05, 0) is 32.1 Å². The summed E-state index contributed by atoms with van der Waals surface area (Å²) in [4.78, 5) is 11.8. The zero-order valence-corrected chi connectivity index (χ0v) is 14.0. The largest absolute Gasteiger partial charge is 0.464 e. The fraction of sp³-hybridized carbons (Fsp3) is 0.933. The highest BCUT2D eigenvalue weighted by molar-refractivity contribution is 9.09. The lowest BCUT2D eigenvalue weighted by Gasteiger charge is -2.15. The number of hydrogen-bond acceptors (Lipinski definition) is 3. The second-order valence-corrected chi connectivity index (χ2v) is 5.54. The minimum atomic E-state index is -0.377. The van der Waals surface area contributed by atoms with Crippen LogP contribution in [-0.4, -0.2) is 30.6 Å². The number of rotatable bonds is 13. The van der Waals surface area contributed by atoms with Crippen molar-refractivity contribution in [1.29, 1.82) is 0 Å². The van der Waals surface area contributed by atoms with Gasteiger partial charge in [-0.1, -0.05) is 49.0 Å². The molecule has 19 heavy (non-hydrogen) atoms. The van der Waals surface area contributed by atoms with Crippen LogP contribution < -0.4 is 0 Å². The quantitative estimate of drug-likeness (QED) is 0.283. The van der Waals surface area contributed by atoms with Gasteiger partial charge >= 0.3 is 5.97 Å². The Morgan fingerprint density at radius 2 is 1.68 bits per heavy atom. The van der Waals surface area contributed by atoms with Crippen molar-refractivity contribution in [2.24, 2.45) is 0 Å². The molecule has 4 heteroatoms. The zero-order valence-electron chi connectivity index (χ0n) is 12.5. The lowest BCUT2D eigenvalue weighted by atomic mass is 10.2. The summed E-state index contributed by atoms with van der Waals surface area (Å²) < 4.78 is 10.8. The molecule has 0 saturated carbocycles. The molecule has 114 valence electrons. The summed E-state index contributed by atoms with van der Waals surface area (Å²) in [6.07, 6.45) is 8.12. The van der Waals surface area contributed by atoms with Crippen molar-refractivity contribution < 1.29 is 14.3 Å². The van der Waals surface area contributed by atoms with Gasteiger partial charge in [0.05, 0.1) is 6.61 Å². The van der Waals surface area contributed by atoms with Crippen LogP contribution >= 0.6 is 15.9 Å². The monoisotopic (exact) mass is 336 g/mol. The maximum absolute atomic E-state index is 11.8. The van der Waals surface area contributed by atoms with Gasteiger partial charge in [-0.3, -0.25) is 0 Å². The molecule has 0 aromatic carbocycles. The Hall–Kier alpha value is -0.0900. The third kappa shape index (κ3) is 11.4. The number of hydrogen-bond donors (Lipinski definition) is 0. The molecule has 0 aromatic heterocycles. The van der Waals surface area contributed by atoms with E-state index in [4.69, 9.17) is 9.47 Å². The summed E-state index contributed by atoms with van der Waals surface area (Å²) in [5.41, 5.74) is 0. The fourth-order valence-electron chi connectivity index (χ4n) is 1.75. The number of carbonyl (C=O) groups excluding carboxylic acids is 1. The van der Waals surface area contributed by atoms with Gasteiger partial charge in [-0.2, -0.15) is 0 Å². The highest BCUT2D eigenvalue weighted by atomic mass is 79.9. The highest BCUT2D eigenvalue weighted by Crippen LogP contribution is 2.06. The van der Waals surface area contributed by atoms with Crippen LogP contribution in [0, 0.1) is 0 Å².